The Bertz CT molecular complexity index is 565. The number of nitrogens with one attached hydrogen (secondary N) is 1. The van der Waals surface area contributed by atoms with Crippen molar-refractivity contribution in [3.63, 3.8) is 0 Å². The zero-order valence-corrected chi connectivity index (χ0v) is 13.2. The molecule has 112 valence electrons. The highest BCUT2D eigenvalue weighted by Crippen LogP contribution is 2.27. The first kappa shape index (κ1) is 15.6. The first-order valence-electron chi connectivity index (χ1n) is 7.69. The number of ether oxygens (including phenoxy) is 1. The highest BCUT2D eigenvalue weighted by atomic mass is 16.5. The van der Waals surface area contributed by atoms with Crippen molar-refractivity contribution in [1.29, 1.82) is 0 Å². The predicted octanol–water partition coefficient (Wildman–Crippen LogP) is 4.29. The molecule has 21 heavy (non-hydrogen) atoms. The third-order valence-corrected chi connectivity index (χ3v) is 3.63. The molecule has 0 aliphatic carbocycles. The average molecular weight is 283 g/mol. The Morgan fingerprint density at radius 1 is 1.10 bits per heavy atom. The van der Waals surface area contributed by atoms with Gasteiger partial charge in [-0.1, -0.05) is 55.0 Å². The van der Waals surface area contributed by atoms with Gasteiger partial charge < -0.3 is 10.1 Å². The van der Waals surface area contributed by atoms with Gasteiger partial charge >= 0.3 is 0 Å². The first-order valence-corrected chi connectivity index (χ1v) is 7.69. The molecule has 1 N–H and O–H groups in total. The third-order valence-electron chi connectivity index (χ3n) is 3.63. The molecule has 0 amide bonds. The van der Waals surface area contributed by atoms with E-state index in [0.29, 0.717) is 0 Å². The van der Waals surface area contributed by atoms with E-state index in [0.717, 1.165) is 25.2 Å². The third kappa shape index (κ3) is 4.33. The monoisotopic (exact) mass is 283 g/mol. The maximum absolute atomic E-state index is 5.89. The second-order valence-electron chi connectivity index (χ2n) is 5.42. The lowest BCUT2D eigenvalue weighted by atomic mass is 9.97. The fourth-order valence-electron chi connectivity index (χ4n) is 2.55. The van der Waals surface area contributed by atoms with E-state index in [9.17, 15) is 0 Å². The molecule has 0 aliphatic rings. The Balaban J connectivity index is 2.20. The van der Waals surface area contributed by atoms with Crippen LogP contribution in [0.5, 0.6) is 5.75 Å². The second kappa shape index (κ2) is 7.84. The van der Waals surface area contributed by atoms with Crippen LogP contribution in [0.15, 0.2) is 48.5 Å². The molecule has 2 rings (SSSR count). The molecule has 2 heteroatoms. The van der Waals surface area contributed by atoms with Crippen molar-refractivity contribution in [2.75, 3.05) is 13.7 Å². The average Bonchev–Trinajstić information content (AvgIpc) is 2.51. The molecule has 0 bridgehead atoms. The summed E-state index contributed by atoms with van der Waals surface area (Å²) in [6, 6.07) is 17.3. The van der Waals surface area contributed by atoms with E-state index in [1.54, 1.807) is 0 Å². The van der Waals surface area contributed by atoms with Crippen LogP contribution in [-0.2, 0) is 6.42 Å². The van der Waals surface area contributed by atoms with Gasteiger partial charge in [-0.3, -0.25) is 0 Å². The predicted molar refractivity (Wildman–Crippen MR) is 88.9 cm³/mol. The molecule has 2 nitrogen and oxygen atoms in total. The first-order chi connectivity index (χ1) is 10.2. The van der Waals surface area contributed by atoms with Crippen molar-refractivity contribution in [2.45, 2.75) is 32.7 Å². The van der Waals surface area contributed by atoms with Crippen molar-refractivity contribution < 1.29 is 4.74 Å². The number of rotatable bonds is 7. The molecule has 0 saturated carbocycles. The summed E-state index contributed by atoms with van der Waals surface area (Å²) < 4.78 is 5.89. The fraction of sp³-hybridized carbons (Fsp3) is 0.368. The van der Waals surface area contributed by atoms with Gasteiger partial charge in [0, 0.05) is 11.6 Å². The van der Waals surface area contributed by atoms with Crippen molar-refractivity contribution >= 4 is 0 Å². The van der Waals surface area contributed by atoms with E-state index in [2.05, 4.69) is 61.6 Å². The minimum absolute atomic E-state index is 0.264. The van der Waals surface area contributed by atoms with Gasteiger partial charge in [-0.15, -0.1) is 0 Å². The zero-order chi connectivity index (χ0) is 15.1. The SMILES string of the molecule is CCCOc1ccccc1C(Cc1cccc(C)c1)NC. The molecule has 0 aliphatic heterocycles. The summed E-state index contributed by atoms with van der Waals surface area (Å²) >= 11 is 0. The van der Waals surface area contributed by atoms with Crippen LogP contribution in [0, 0.1) is 6.92 Å². The number of likely N-dealkylation sites (N-methyl/N-ethyl adjacent to an activating group) is 1. The topological polar surface area (TPSA) is 21.3 Å². The lowest BCUT2D eigenvalue weighted by Gasteiger charge is -2.20. The van der Waals surface area contributed by atoms with Crippen molar-refractivity contribution in [3.8, 4) is 5.75 Å². The van der Waals surface area contributed by atoms with Gasteiger partial charge in [0.25, 0.3) is 0 Å². The summed E-state index contributed by atoms with van der Waals surface area (Å²) in [5, 5.41) is 3.42. The molecule has 0 fully saturated rings. The lowest BCUT2D eigenvalue weighted by Crippen LogP contribution is -2.20. The van der Waals surface area contributed by atoms with E-state index in [1.165, 1.54) is 16.7 Å². The molecule has 2 aromatic rings. The van der Waals surface area contributed by atoms with Gasteiger partial charge in [0.2, 0.25) is 0 Å². The summed E-state index contributed by atoms with van der Waals surface area (Å²) in [4.78, 5) is 0. The Morgan fingerprint density at radius 3 is 2.62 bits per heavy atom. The number of para-hydroxylation sites is 1. The fourth-order valence-corrected chi connectivity index (χ4v) is 2.55. The van der Waals surface area contributed by atoms with Gasteiger partial charge in [0.05, 0.1) is 6.61 Å². The number of benzene rings is 2. The minimum Gasteiger partial charge on any atom is -0.493 e. The largest absolute Gasteiger partial charge is 0.493 e. The summed E-state index contributed by atoms with van der Waals surface area (Å²) in [5.74, 6) is 0.992. The van der Waals surface area contributed by atoms with Crippen LogP contribution in [0.1, 0.15) is 36.1 Å². The maximum atomic E-state index is 5.89. The molecular weight excluding hydrogens is 258 g/mol. The van der Waals surface area contributed by atoms with Crippen LogP contribution in [-0.4, -0.2) is 13.7 Å². The summed E-state index contributed by atoms with van der Waals surface area (Å²) in [6.07, 6.45) is 1.99. The number of aryl methyl sites for hydroxylation is 1. The highest BCUT2D eigenvalue weighted by molar-refractivity contribution is 5.37. The van der Waals surface area contributed by atoms with Gasteiger partial charge in [0.15, 0.2) is 0 Å². The van der Waals surface area contributed by atoms with Crippen LogP contribution in [0.4, 0.5) is 0 Å². The van der Waals surface area contributed by atoms with Gasteiger partial charge in [-0.25, -0.2) is 0 Å². The van der Waals surface area contributed by atoms with Crippen LogP contribution >= 0.6 is 0 Å². The minimum atomic E-state index is 0.264. The second-order valence-corrected chi connectivity index (χ2v) is 5.42. The van der Waals surface area contributed by atoms with Crippen LogP contribution in [0.2, 0.25) is 0 Å². The molecule has 1 unspecified atom stereocenters. The summed E-state index contributed by atoms with van der Waals surface area (Å²) in [5.41, 5.74) is 3.88. The van der Waals surface area contributed by atoms with Crippen LogP contribution in [0.25, 0.3) is 0 Å². The van der Waals surface area contributed by atoms with E-state index >= 15 is 0 Å². The molecular formula is C19H25NO. The molecule has 0 radical (unpaired) electrons. The summed E-state index contributed by atoms with van der Waals surface area (Å²) in [7, 11) is 2.01. The smallest absolute Gasteiger partial charge is 0.124 e. The van der Waals surface area contributed by atoms with E-state index < -0.39 is 0 Å². The van der Waals surface area contributed by atoms with Crippen molar-refractivity contribution in [3.05, 3.63) is 65.2 Å². The molecule has 0 heterocycles. The van der Waals surface area contributed by atoms with Gasteiger partial charge in [0.1, 0.15) is 5.75 Å². The maximum Gasteiger partial charge on any atom is 0.124 e. The number of hydrogen-bond donors (Lipinski definition) is 1. The highest BCUT2D eigenvalue weighted by Gasteiger charge is 2.15. The lowest BCUT2D eigenvalue weighted by molar-refractivity contribution is 0.310. The quantitative estimate of drug-likeness (QED) is 0.818. The molecule has 2 aromatic carbocycles. The molecule has 0 spiro atoms. The molecule has 0 aromatic heterocycles. The Labute approximate surface area is 128 Å². The Morgan fingerprint density at radius 2 is 1.90 bits per heavy atom. The van der Waals surface area contributed by atoms with Crippen molar-refractivity contribution in [1.82, 2.24) is 5.32 Å². The Kier molecular flexibility index (Phi) is 5.82. The van der Waals surface area contributed by atoms with Crippen molar-refractivity contribution in [2.24, 2.45) is 0 Å². The molecule has 1 atom stereocenters. The number of hydrogen-bond acceptors (Lipinski definition) is 2. The van der Waals surface area contributed by atoms with Gasteiger partial charge in [-0.05, 0) is 38.4 Å². The van der Waals surface area contributed by atoms with Gasteiger partial charge in [-0.2, -0.15) is 0 Å². The van der Waals surface area contributed by atoms with E-state index in [-0.39, 0.29) is 6.04 Å². The van der Waals surface area contributed by atoms with Crippen LogP contribution in [0.3, 0.4) is 0 Å². The normalized spacial score (nSPS) is 12.1. The van der Waals surface area contributed by atoms with E-state index in [4.69, 9.17) is 4.74 Å². The standard InChI is InChI=1S/C19H25NO/c1-4-12-21-19-11-6-5-10-17(19)18(20-3)14-16-9-7-8-15(2)13-16/h5-11,13,18,20H,4,12,14H2,1-3H3. The zero-order valence-electron chi connectivity index (χ0n) is 13.2. The van der Waals surface area contributed by atoms with E-state index in [1.807, 2.05) is 13.1 Å². The Hall–Kier alpha value is -1.80. The molecule has 0 saturated heterocycles. The summed E-state index contributed by atoms with van der Waals surface area (Å²) in [6.45, 7) is 5.03. The van der Waals surface area contributed by atoms with Crippen LogP contribution < -0.4 is 10.1 Å².